The number of hydrogen-bond donors (Lipinski definition) is 1. The Labute approximate surface area is 139 Å². The fourth-order valence-electron chi connectivity index (χ4n) is 2.80. The molecule has 23 heavy (non-hydrogen) atoms. The lowest BCUT2D eigenvalue weighted by Crippen LogP contribution is -2.45. The number of halogens is 3. The zero-order chi connectivity index (χ0) is 15.4. The van der Waals surface area contributed by atoms with E-state index in [0.717, 1.165) is 37.5 Å². The molecule has 126 valence electrons. The van der Waals surface area contributed by atoms with E-state index in [9.17, 15) is 8.78 Å². The van der Waals surface area contributed by atoms with Gasteiger partial charge in [0.05, 0.1) is 12.3 Å². The molecule has 0 spiro atoms. The van der Waals surface area contributed by atoms with Crippen molar-refractivity contribution in [2.24, 2.45) is 0 Å². The Morgan fingerprint density at radius 2 is 1.91 bits per heavy atom. The molecule has 1 aromatic carbocycles. The maximum Gasteiger partial charge on any atom is 0.387 e. The molecule has 1 N–H and O–H groups in total. The SMILES string of the molecule is Cl.FC(F)Oc1cccc([C@H](c2ccco2)N2CCNCC2)c1. The van der Waals surface area contributed by atoms with Crippen molar-refractivity contribution in [2.45, 2.75) is 12.7 Å². The summed E-state index contributed by atoms with van der Waals surface area (Å²) in [4.78, 5) is 2.27. The fourth-order valence-corrected chi connectivity index (χ4v) is 2.80. The van der Waals surface area contributed by atoms with E-state index < -0.39 is 6.61 Å². The van der Waals surface area contributed by atoms with Gasteiger partial charge in [-0.15, -0.1) is 12.4 Å². The van der Waals surface area contributed by atoms with Gasteiger partial charge >= 0.3 is 6.61 Å². The minimum Gasteiger partial charge on any atom is -0.467 e. The molecule has 4 nitrogen and oxygen atoms in total. The molecule has 0 amide bonds. The molecule has 0 saturated carbocycles. The Morgan fingerprint density at radius 3 is 2.57 bits per heavy atom. The van der Waals surface area contributed by atoms with Gasteiger partial charge in [-0.1, -0.05) is 12.1 Å². The zero-order valence-electron chi connectivity index (χ0n) is 12.5. The van der Waals surface area contributed by atoms with Crippen molar-refractivity contribution >= 4 is 12.4 Å². The number of ether oxygens (including phenoxy) is 1. The van der Waals surface area contributed by atoms with Gasteiger partial charge in [-0.25, -0.2) is 0 Å². The average Bonchev–Trinajstić information content (AvgIpc) is 3.02. The standard InChI is InChI=1S/C16H18F2N2O2.ClH/c17-16(18)22-13-4-1-3-12(11-13)15(14-5-2-10-21-14)20-8-6-19-7-9-20;/h1-5,10-11,15-16,19H,6-9H2;1H/t15-;/m1./s1. The first-order valence-corrected chi connectivity index (χ1v) is 7.27. The molecular weight excluding hydrogens is 326 g/mol. The topological polar surface area (TPSA) is 37.6 Å². The molecule has 0 unspecified atom stereocenters. The van der Waals surface area contributed by atoms with Crippen LogP contribution < -0.4 is 10.1 Å². The van der Waals surface area contributed by atoms with E-state index in [1.54, 1.807) is 18.4 Å². The van der Waals surface area contributed by atoms with Crippen LogP contribution in [0.5, 0.6) is 5.75 Å². The molecule has 2 heterocycles. The van der Waals surface area contributed by atoms with E-state index >= 15 is 0 Å². The number of furan rings is 1. The van der Waals surface area contributed by atoms with Crippen LogP contribution in [0.25, 0.3) is 0 Å². The van der Waals surface area contributed by atoms with Gasteiger partial charge < -0.3 is 14.5 Å². The molecule has 1 saturated heterocycles. The van der Waals surface area contributed by atoms with Crippen LogP contribution in [0.15, 0.2) is 47.1 Å². The predicted molar refractivity (Wildman–Crippen MR) is 85.3 cm³/mol. The number of nitrogens with zero attached hydrogens (tertiary/aromatic N) is 1. The first-order chi connectivity index (χ1) is 10.7. The summed E-state index contributed by atoms with van der Waals surface area (Å²) in [6.07, 6.45) is 1.63. The quantitative estimate of drug-likeness (QED) is 0.903. The number of benzene rings is 1. The molecule has 1 aliphatic heterocycles. The van der Waals surface area contributed by atoms with E-state index in [4.69, 9.17) is 4.42 Å². The van der Waals surface area contributed by atoms with Crippen molar-refractivity contribution in [3.05, 3.63) is 54.0 Å². The molecule has 3 rings (SSSR count). The van der Waals surface area contributed by atoms with Gasteiger partial charge in [0.15, 0.2) is 0 Å². The highest BCUT2D eigenvalue weighted by Crippen LogP contribution is 2.31. The highest BCUT2D eigenvalue weighted by molar-refractivity contribution is 5.85. The molecule has 1 fully saturated rings. The first-order valence-electron chi connectivity index (χ1n) is 7.27. The van der Waals surface area contributed by atoms with Gasteiger partial charge in [0.1, 0.15) is 11.5 Å². The van der Waals surface area contributed by atoms with E-state index in [2.05, 4.69) is 15.0 Å². The Morgan fingerprint density at radius 1 is 1.13 bits per heavy atom. The van der Waals surface area contributed by atoms with E-state index in [0.29, 0.717) is 0 Å². The summed E-state index contributed by atoms with van der Waals surface area (Å²) in [6.45, 7) is 0.697. The molecular formula is C16H19ClF2N2O2. The molecule has 1 atom stereocenters. The second-order valence-electron chi connectivity index (χ2n) is 5.15. The lowest BCUT2D eigenvalue weighted by atomic mass is 10.0. The third-order valence-electron chi connectivity index (χ3n) is 3.73. The summed E-state index contributed by atoms with van der Waals surface area (Å²) in [6, 6.07) is 10.5. The minimum atomic E-state index is -2.82. The highest BCUT2D eigenvalue weighted by Gasteiger charge is 2.26. The third-order valence-corrected chi connectivity index (χ3v) is 3.73. The van der Waals surface area contributed by atoms with Crippen LogP contribution in [0.4, 0.5) is 8.78 Å². The van der Waals surface area contributed by atoms with Crippen LogP contribution >= 0.6 is 12.4 Å². The number of piperazine rings is 1. The lowest BCUT2D eigenvalue weighted by molar-refractivity contribution is -0.0499. The maximum absolute atomic E-state index is 12.4. The van der Waals surface area contributed by atoms with Crippen LogP contribution in [0.2, 0.25) is 0 Å². The number of nitrogens with one attached hydrogen (secondary N) is 1. The van der Waals surface area contributed by atoms with E-state index in [-0.39, 0.29) is 24.2 Å². The summed E-state index contributed by atoms with van der Waals surface area (Å²) in [5, 5.41) is 3.31. The minimum absolute atomic E-state index is 0. The van der Waals surface area contributed by atoms with Gasteiger partial charge in [-0.05, 0) is 29.8 Å². The van der Waals surface area contributed by atoms with Crippen LogP contribution in [0, 0.1) is 0 Å². The molecule has 0 aliphatic carbocycles. The molecule has 0 bridgehead atoms. The summed E-state index contributed by atoms with van der Waals surface area (Å²) in [5.74, 6) is 0.968. The first kappa shape index (κ1) is 17.7. The van der Waals surface area contributed by atoms with E-state index in [1.807, 2.05) is 18.2 Å². The highest BCUT2D eigenvalue weighted by atomic mass is 35.5. The van der Waals surface area contributed by atoms with Gasteiger partial charge in [-0.3, -0.25) is 4.90 Å². The van der Waals surface area contributed by atoms with Gasteiger partial charge in [-0.2, -0.15) is 8.78 Å². The average molecular weight is 345 g/mol. The Hall–Kier alpha value is -1.63. The van der Waals surface area contributed by atoms with Crippen molar-refractivity contribution < 1.29 is 17.9 Å². The summed E-state index contributed by atoms with van der Waals surface area (Å²) in [7, 11) is 0. The third kappa shape index (κ3) is 4.43. The van der Waals surface area contributed by atoms with Crippen LogP contribution in [0.3, 0.4) is 0 Å². The van der Waals surface area contributed by atoms with Crippen molar-refractivity contribution in [3.8, 4) is 5.75 Å². The lowest BCUT2D eigenvalue weighted by Gasteiger charge is -2.34. The molecule has 2 aromatic rings. The maximum atomic E-state index is 12.4. The molecule has 7 heteroatoms. The van der Waals surface area contributed by atoms with Crippen LogP contribution in [-0.2, 0) is 0 Å². The summed E-state index contributed by atoms with van der Waals surface area (Å²) < 4.78 is 34.9. The zero-order valence-corrected chi connectivity index (χ0v) is 13.3. The largest absolute Gasteiger partial charge is 0.467 e. The van der Waals surface area contributed by atoms with Crippen LogP contribution in [0.1, 0.15) is 17.4 Å². The molecule has 0 radical (unpaired) electrons. The van der Waals surface area contributed by atoms with Crippen molar-refractivity contribution in [1.82, 2.24) is 10.2 Å². The summed E-state index contributed by atoms with van der Waals surface area (Å²) in [5.41, 5.74) is 0.884. The monoisotopic (exact) mass is 344 g/mol. The van der Waals surface area contributed by atoms with Gasteiger partial charge in [0.2, 0.25) is 0 Å². The molecule has 1 aromatic heterocycles. The Bertz CT molecular complexity index is 590. The molecule has 1 aliphatic rings. The second kappa shape index (κ2) is 8.29. The predicted octanol–water partition coefficient (Wildman–Crippen LogP) is 3.30. The van der Waals surface area contributed by atoms with Crippen molar-refractivity contribution in [1.29, 1.82) is 0 Å². The van der Waals surface area contributed by atoms with Crippen LogP contribution in [-0.4, -0.2) is 37.7 Å². The smallest absolute Gasteiger partial charge is 0.387 e. The Kier molecular flexibility index (Phi) is 6.38. The number of alkyl halides is 2. The normalized spacial score (nSPS) is 16.8. The number of hydrogen-bond acceptors (Lipinski definition) is 4. The van der Waals surface area contributed by atoms with Gasteiger partial charge in [0, 0.05) is 26.2 Å². The fraction of sp³-hybridized carbons (Fsp3) is 0.375. The van der Waals surface area contributed by atoms with Gasteiger partial charge in [0.25, 0.3) is 0 Å². The number of rotatable bonds is 5. The second-order valence-corrected chi connectivity index (χ2v) is 5.15. The summed E-state index contributed by atoms with van der Waals surface area (Å²) >= 11 is 0. The van der Waals surface area contributed by atoms with E-state index in [1.165, 1.54) is 6.07 Å². The van der Waals surface area contributed by atoms with Crippen molar-refractivity contribution in [3.63, 3.8) is 0 Å². The Balaban J connectivity index is 0.00000192. The van der Waals surface area contributed by atoms with Crippen molar-refractivity contribution in [2.75, 3.05) is 26.2 Å².